The lowest BCUT2D eigenvalue weighted by Gasteiger charge is -2.30. The van der Waals surface area contributed by atoms with E-state index in [0.717, 1.165) is 44.3 Å². The SMILES string of the molecule is CC1CCCN(Cc2csc(NC(=O)CC3CNCCO3)n2)C1.Cl.Cl. The number of carbonyl (C=O) groups is 1. The van der Waals surface area contributed by atoms with Gasteiger partial charge < -0.3 is 15.4 Å². The lowest BCUT2D eigenvalue weighted by Crippen LogP contribution is -2.40. The van der Waals surface area contributed by atoms with Crippen molar-refractivity contribution in [3.8, 4) is 0 Å². The van der Waals surface area contributed by atoms with Crippen LogP contribution >= 0.6 is 36.2 Å². The summed E-state index contributed by atoms with van der Waals surface area (Å²) in [4.78, 5) is 19.1. The van der Waals surface area contributed by atoms with Gasteiger partial charge in [-0.25, -0.2) is 4.98 Å². The van der Waals surface area contributed by atoms with Crippen molar-refractivity contribution in [1.29, 1.82) is 0 Å². The second kappa shape index (κ2) is 11.3. The number of rotatable bonds is 5. The first kappa shape index (κ1) is 22.6. The maximum atomic E-state index is 12.1. The molecule has 3 rings (SSSR count). The number of amides is 1. The molecule has 2 saturated heterocycles. The average Bonchev–Trinajstić information content (AvgIpc) is 2.95. The molecule has 2 fully saturated rings. The van der Waals surface area contributed by atoms with E-state index in [4.69, 9.17) is 4.74 Å². The molecule has 1 aromatic rings. The summed E-state index contributed by atoms with van der Waals surface area (Å²) < 4.78 is 5.56. The number of anilines is 1. The fraction of sp³-hybridized carbons (Fsp3) is 0.750. The number of halogens is 2. The molecule has 0 saturated carbocycles. The Hall–Kier alpha value is -0.440. The van der Waals surface area contributed by atoms with Crippen LogP contribution in [0.1, 0.15) is 31.9 Å². The number of piperidine rings is 1. The molecule has 3 heterocycles. The Balaban J connectivity index is 0.00000156. The smallest absolute Gasteiger partial charge is 0.228 e. The molecule has 2 unspecified atom stereocenters. The van der Waals surface area contributed by atoms with E-state index in [1.54, 1.807) is 0 Å². The minimum Gasteiger partial charge on any atom is -0.375 e. The maximum Gasteiger partial charge on any atom is 0.228 e. The average molecular weight is 411 g/mol. The highest BCUT2D eigenvalue weighted by molar-refractivity contribution is 7.13. The van der Waals surface area contributed by atoms with Gasteiger partial charge in [0.15, 0.2) is 5.13 Å². The summed E-state index contributed by atoms with van der Waals surface area (Å²) in [6, 6.07) is 0. The number of ether oxygens (including phenoxy) is 1. The van der Waals surface area contributed by atoms with Crippen molar-refractivity contribution < 1.29 is 9.53 Å². The molecular weight excluding hydrogens is 383 g/mol. The summed E-state index contributed by atoms with van der Waals surface area (Å²) in [6.07, 6.45) is 2.95. The van der Waals surface area contributed by atoms with Crippen LogP contribution in [-0.2, 0) is 16.1 Å². The van der Waals surface area contributed by atoms with E-state index in [2.05, 4.69) is 27.4 Å². The first-order valence-electron chi connectivity index (χ1n) is 8.48. The van der Waals surface area contributed by atoms with Crippen LogP contribution in [0.25, 0.3) is 0 Å². The van der Waals surface area contributed by atoms with Crippen molar-refractivity contribution in [3.05, 3.63) is 11.1 Å². The number of aromatic nitrogens is 1. The normalized spacial score (nSPS) is 24.0. The molecule has 9 heteroatoms. The van der Waals surface area contributed by atoms with Crippen molar-refractivity contribution in [2.24, 2.45) is 5.92 Å². The summed E-state index contributed by atoms with van der Waals surface area (Å²) in [5.74, 6) is 0.747. The number of thiazole rings is 1. The van der Waals surface area contributed by atoms with Crippen LogP contribution in [0.2, 0.25) is 0 Å². The molecule has 0 aliphatic carbocycles. The first-order valence-corrected chi connectivity index (χ1v) is 9.36. The molecular formula is C16H28Cl2N4O2S. The van der Waals surface area contributed by atoms with Crippen molar-refractivity contribution in [2.75, 3.05) is 38.1 Å². The van der Waals surface area contributed by atoms with Crippen LogP contribution in [0.3, 0.4) is 0 Å². The first-order chi connectivity index (χ1) is 11.2. The van der Waals surface area contributed by atoms with E-state index in [1.807, 2.05) is 5.38 Å². The molecule has 2 aliphatic rings. The minimum atomic E-state index is -0.0296. The summed E-state index contributed by atoms with van der Waals surface area (Å²) in [5.41, 5.74) is 1.05. The number of morpholine rings is 1. The van der Waals surface area contributed by atoms with Crippen molar-refractivity contribution in [2.45, 2.75) is 38.8 Å². The third kappa shape index (κ3) is 7.37. The van der Waals surface area contributed by atoms with Gasteiger partial charge in [0.25, 0.3) is 0 Å². The molecule has 6 nitrogen and oxygen atoms in total. The van der Waals surface area contributed by atoms with Gasteiger partial charge in [-0.3, -0.25) is 9.69 Å². The van der Waals surface area contributed by atoms with E-state index in [1.165, 1.54) is 24.2 Å². The zero-order valence-electron chi connectivity index (χ0n) is 14.5. The Morgan fingerprint density at radius 2 is 2.36 bits per heavy atom. The predicted octanol–water partition coefficient (Wildman–Crippen LogP) is 2.54. The molecule has 0 spiro atoms. The van der Waals surface area contributed by atoms with E-state index < -0.39 is 0 Å². The van der Waals surface area contributed by atoms with Gasteiger partial charge in [-0.15, -0.1) is 36.2 Å². The Morgan fingerprint density at radius 3 is 3.08 bits per heavy atom. The standard InChI is InChI=1S/C16H26N4O2S.2ClH/c1-12-3-2-5-20(9-12)10-13-11-23-16(18-13)19-15(21)7-14-8-17-4-6-22-14;;/h11-12,14,17H,2-10H2,1H3,(H,18,19,21);2*1H. The Bertz CT molecular complexity index is 526. The van der Waals surface area contributed by atoms with E-state index in [-0.39, 0.29) is 36.8 Å². The van der Waals surface area contributed by atoms with Gasteiger partial charge in [-0.2, -0.15) is 0 Å². The molecule has 0 radical (unpaired) electrons. The number of nitrogens with one attached hydrogen (secondary N) is 2. The van der Waals surface area contributed by atoms with Gasteiger partial charge in [-0.05, 0) is 25.3 Å². The highest BCUT2D eigenvalue weighted by Crippen LogP contribution is 2.21. The van der Waals surface area contributed by atoms with Crippen LogP contribution in [0, 0.1) is 5.92 Å². The number of likely N-dealkylation sites (tertiary alicyclic amines) is 1. The third-order valence-corrected chi connectivity index (χ3v) is 5.15. The molecule has 2 atom stereocenters. The van der Waals surface area contributed by atoms with Crippen molar-refractivity contribution >= 4 is 47.2 Å². The van der Waals surface area contributed by atoms with E-state index in [9.17, 15) is 4.79 Å². The second-order valence-electron chi connectivity index (χ2n) is 6.58. The molecule has 25 heavy (non-hydrogen) atoms. The summed E-state index contributed by atoms with van der Waals surface area (Å²) >= 11 is 1.50. The van der Waals surface area contributed by atoms with Gasteiger partial charge in [0.2, 0.25) is 5.91 Å². The topological polar surface area (TPSA) is 66.5 Å². The van der Waals surface area contributed by atoms with Crippen LogP contribution in [-0.4, -0.2) is 54.7 Å². The Morgan fingerprint density at radius 1 is 1.52 bits per heavy atom. The van der Waals surface area contributed by atoms with Crippen LogP contribution in [0.4, 0.5) is 5.13 Å². The van der Waals surface area contributed by atoms with Gasteiger partial charge in [0, 0.05) is 31.6 Å². The predicted molar refractivity (Wildman–Crippen MR) is 106 cm³/mol. The largest absolute Gasteiger partial charge is 0.375 e. The third-order valence-electron chi connectivity index (χ3n) is 4.34. The fourth-order valence-corrected chi connectivity index (χ4v) is 3.94. The maximum absolute atomic E-state index is 12.1. The lowest BCUT2D eigenvalue weighted by molar-refractivity contribution is -0.119. The zero-order valence-corrected chi connectivity index (χ0v) is 17.0. The number of hydrogen-bond acceptors (Lipinski definition) is 6. The van der Waals surface area contributed by atoms with Crippen LogP contribution < -0.4 is 10.6 Å². The van der Waals surface area contributed by atoms with Crippen LogP contribution in [0.5, 0.6) is 0 Å². The minimum absolute atomic E-state index is 0. The van der Waals surface area contributed by atoms with E-state index in [0.29, 0.717) is 18.2 Å². The molecule has 1 amide bonds. The van der Waals surface area contributed by atoms with Gasteiger partial charge in [0.05, 0.1) is 24.8 Å². The summed E-state index contributed by atoms with van der Waals surface area (Å²) in [5, 5.41) is 8.87. The number of nitrogens with zero attached hydrogens (tertiary/aromatic N) is 2. The van der Waals surface area contributed by atoms with Gasteiger partial charge >= 0.3 is 0 Å². The fourth-order valence-electron chi connectivity index (χ4n) is 3.22. The highest BCUT2D eigenvalue weighted by atomic mass is 35.5. The highest BCUT2D eigenvalue weighted by Gasteiger charge is 2.19. The van der Waals surface area contributed by atoms with Crippen LogP contribution in [0.15, 0.2) is 5.38 Å². The number of carbonyl (C=O) groups excluding carboxylic acids is 1. The second-order valence-corrected chi connectivity index (χ2v) is 7.43. The van der Waals surface area contributed by atoms with Crippen molar-refractivity contribution in [1.82, 2.24) is 15.2 Å². The number of hydrogen-bond donors (Lipinski definition) is 2. The summed E-state index contributed by atoms with van der Waals surface area (Å²) in [7, 11) is 0. The van der Waals surface area contributed by atoms with Crippen molar-refractivity contribution in [3.63, 3.8) is 0 Å². The van der Waals surface area contributed by atoms with E-state index >= 15 is 0 Å². The zero-order chi connectivity index (χ0) is 16.1. The quantitative estimate of drug-likeness (QED) is 0.780. The monoisotopic (exact) mass is 410 g/mol. The molecule has 2 N–H and O–H groups in total. The Kier molecular flexibility index (Phi) is 10.2. The molecule has 1 aromatic heterocycles. The molecule has 2 aliphatic heterocycles. The molecule has 0 aromatic carbocycles. The van der Waals surface area contributed by atoms with Gasteiger partial charge in [0.1, 0.15) is 0 Å². The molecule has 144 valence electrons. The molecule has 0 bridgehead atoms. The van der Waals surface area contributed by atoms with Gasteiger partial charge in [-0.1, -0.05) is 6.92 Å². The summed E-state index contributed by atoms with van der Waals surface area (Å²) in [6.45, 7) is 7.76. The lowest BCUT2D eigenvalue weighted by atomic mass is 10.0. The Labute approximate surface area is 165 Å².